The van der Waals surface area contributed by atoms with E-state index in [9.17, 15) is 9.59 Å². The SMILES string of the molecule is CC1CCC(C)(NC(=O)c2cc(C(=O)O)ccn2)CC1. The Morgan fingerprint density at radius 2 is 2.05 bits per heavy atom. The van der Waals surface area contributed by atoms with Gasteiger partial charge in [-0.2, -0.15) is 0 Å². The smallest absolute Gasteiger partial charge is 0.335 e. The molecule has 1 fully saturated rings. The van der Waals surface area contributed by atoms with Gasteiger partial charge in [0.1, 0.15) is 5.69 Å². The number of pyridine rings is 1. The van der Waals surface area contributed by atoms with Gasteiger partial charge in [-0.15, -0.1) is 0 Å². The van der Waals surface area contributed by atoms with Crippen LogP contribution in [-0.2, 0) is 0 Å². The van der Waals surface area contributed by atoms with Crippen molar-refractivity contribution in [1.29, 1.82) is 0 Å². The van der Waals surface area contributed by atoms with E-state index in [0.717, 1.165) is 25.7 Å². The van der Waals surface area contributed by atoms with Crippen LogP contribution in [0.4, 0.5) is 0 Å². The molecule has 1 heterocycles. The Labute approximate surface area is 118 Å². The molecular weight excluding hydrogens is 256 g/mol. The van der Waals surface area contributed by atoms with Crippen molar-refractivity contribution in [2.24, 2.45) is 5.92 Å². The number of nitrogens with one attached hydrogen (secondary N) is 1. The fraction of sp³-hybridized carbons (Fsp3) is 0.533. The Balaban J connectivity index is 2.08. The highest BCUT2D eigenvalue weighted by atomic mass is 16.4. The summed E-state index contributed by atoms with van der Waals surface area (Å²) in [5.74, 6) is -0.655. The number of hydrogen-bond donors (Lipinski definition) is 2. The molecule has 0 radical (unpaired) electrons. The summed E-state index contributed by atoms with van der Waals surface area (Å²) in [5.41, 5.74) is 0.0159. The first-order chi connectivity index (χ1) is 9.39. The lowest BCUT2D eigenvalue weighted by Crippen LogP contribution is -2.48. The second-order valence-electron chi connectivity index (χ2n) is 5.93. The standard InChI is InChI=1S/C15H20N2O3/c1-10-3-6-15(2,7-4-10)17-13(18)12-9-11(14(19)20)5-8-16-12/h5,8-10H,3-4,6-7H2,1-2H3,(H,17,18)(H,19,20). The van der Waals surface area contributed by atoms with Crippen LogP contribution < -0.4 is 5.32 Å². The van der Waals surface area contributed by atoms with Gasteiger partial charge in [-0.05, 0) is 50.7 Å². The number of amides is 1. The Kier molecular flexibility index (Phi) is 4.06. The molecule has 0 aromatic carbocycles. The van der Waals surface area contributed by atoms with Crippen LogP contribution in [0.1, 0.15) is 60.4 Å². The van der Waals surface area contributed by atoms with Gasteiger partial charge in [-0.3, -0.25) is 9.78 Å². The second kappa shape index (κ2) is 5.61. The minimum absolute atomic E-state index is 0.0765. The molecule has 0 saturated heterocycles. The summed E-state index contributed by atoms with van der Waals surface area (Å²) in [6, 6.07) is 2.69. The fourth-order valence-corrected chi connectivity index (χ4v) is 2.55. The van der Waals surface area contributed by atoms with Gasteiger partial charge in [-0.1, -0.05) is 6.92 Å². The third-order valence-electron chi connectivity index (χ3n) is 4.03. The quantitative estimate of drug-likeness (QED) is 0.889. The van der Waals surface area contributed by atoms with Gasteiger partial charge in [0.25, 0.3) is 5.91 Å². The normalized spacial score (nSPS) is 26.0. The number of carboxylic acid groups (broad SMARTS) is 1. The van der Waals surface area contributed by atoms with Crippen LogP contribution >= 0.6 is 0 Å². The molecule has 1 aromatic heterocycles. The summed E-state index contributed by atoms with van der Waals surface area (Å²) < 4.78 is 0. The van der Waals surface area contributed by atoms with Crippen LogP contribution in [0.3, 0.4) is 0 Å². The molecule has 2 N–H and O–H groups in total. The van der Waals surface area contributed by atoms with Crippen molar-refractivity contribution in [2.75, 3.05) is 0 Å². The Bertz CT molecular complexity index is 520. The van der Waals surface area contributed by atoms with Crippen molar-refractivity contribution >= 4 is 11.9 Å². The van der Waals surface area contributed by atoms with Crippen LogP contribution in [0.5, 0.6) is 0 Å². The van der Waals surface area contributed by atoms with Crippen molar-refractivity contribution in [1.82, 2.24) is 10.3 Å². The average molecular weight is 276 g/mol. The number of aromatic nitrogens is 1. The molecule has 0 atom stereocenters. The molecule has 1 aliphatic carbocycles. The van der Waals surface area contributed by atoms with E-state index in [1.807, 2.05) is 6.92 Å². The molecule has 108 valence electrons. The third kappa shape index (κ3) is 3.35. The third-order valence-corrected chi connectivity index (χ3v) is 4.03. The van der Waals surface area contributed by atoms with E-state index < -0.39 is 5.97 Å². The largest absolute Gasteiger partial charge is 0.478 e. The number of rotatable bonds is 3. The fourth-order valence-electron chi connectivity index (χ4n) is 2.55. The second-order valence-corrected chi connectivity index (χ2v) is 5.93. The lowest BCUT2D eigenvalue weighted by molar-refractivity contribution is 0.0696. The number of nitrogens with zero attached hydrogens (tertiary/aromatic N) is 1. The topological polar surface area (TPSA) is 79.3 Å². The summed E-state index contributed by atoms with van der Waals surface area (Å²) >= 11 is 0. The summed E-state index contributed by atoms with van der Waals surface area (Å²) in [7, 11) is 0. The first-order valence-electron chi connectivity index (χ1n) is 6.91. The van der Waals surface area contributed by atoms with Gasteiger partial charge >= 0.3 is 5.97 Å². The minimum Gasteiger partial charge on any atom is -0.478 e. The zero-order valence-electron chi connectivity index (χ0n) is 11.8. The monoisotopic (exact) mass is 276 g/mol. The minimum atomic E-state index is -1.06. The van der Waals surface area contributed by atoms with E-state index in [1.54, 1.807) is 0 Å². The van der Waals surface area contributed by atoms with Gasteiger partial charge in [0.15, 0.2) is 0 Å². The molecule has 5 heteroatoms. The molecule has 0 spiro atoms. The zero-order chi connectivity index (χ0) is 14.8. The Hall–Kier alpha value is -1.91. The van der Waals surface area contributed by atoms with Crippen LogP contribution in [0.25, 0.3) is 0 Å². The summed E-state index contributed by atoms with van der Waals surface area (Å²) in [6.45, 7) is 4.26. The van der Waals surface area contributed by atoms with E-state index >= 15 is 0 Å². The van der Waals surface area contributed by atoms with Crippen molar-refractivity contribution < 1.29 is 14.7 Å². The first-order valence-corrected chi connectivity index (χ1v) is 6.91. The van der Waals surface area contributed by atoms with Crippen molar-refractivity contribution in [3.63, 3.8) is 0 Å². The predicted octanol–water partition coefficient (Wildman–Crippen LogP) is 2.48. The van der Waals surface area contributed by atoms with Gasteiger partial charge in [0, 0.05) is 11.7 Å². The molecule has 1 aliphatic rings. The lowest BCUT2D eigenvalue weighted by Gasteiger charge is -2.37. The van der Waals surface area contributed by atoms with Crippen molar-refractivity contribution in [3.8, 4) is 0 Å². The molecule has 2 rings (SSSR count). The molecule has 0 aliphatic heterocycles. The van der Waals surface area contributed by atoms with E-state index in [1.165, 1.54) is 18.3 Å². The van der Waals surface area contributed by atoms with Gasteiger partial charge in [0.2, 0.25) is 0 Å². The highest BCUT2D eigenvalue weighted by Crippen LogP contribution is 2.31. The maximum absolute atomic E-state index is 12.2. The van der Waals surface area contributed by atoms with Crippen LogP contribution in [0.15, 0.2) is 18.3 Å². The van der Waals surface area contributed by atoms with E-state index in [2.05, 4.69) is 17.2 Å². The van der Waals surface area contributed by atoms with E-state index in [-0.39, 0.29) is 22.7 Å². The van der Waals surface area contributed by atoms with Crippen LogP contribution in [0, 0.1) is 5.92 Å². The predicted molar refractivity (Wildman–Crippen MR) is 74.7 cm³/mol. The number of hydrogen-bond acceptors (Lipinski definition) is 3. The molecule has 1 amide bonds. The number of carbonyl (C=O) groups excluding carboxylic acids is 1. The molecule has 5 nitrogen and oxygen atoms in total. The average Bonchev–Trinajstić information content (AvgIpc) is 2.42. The molecule has 20 heavy (non-hydrogen) atoms. The summed E-state index contributed by atoms with van der Waals surface area (Å²) in [5, 5.41) is 11.9. The maximum atomic E-state index is 12.2. The Morgan fingerprint density at radius 3 is 2.65 bits per heavy atom. The molecule has 0 bridgehead atoms. The van der Waals surface area contributed by atoms with Crippen molar-refractivity contribution in [3.05, 3.63) is 29.6 Å². The van der Waals surface area contributed by atoms with Gasteiger partial charge < -0.3 is 10.4 Å². The highest BCUT2D eigenvalue weighted by molar-refractivity contribution is 5.96. The van der Waals surface area contributed by atoms with Gasteiger partial charge in [0.05, 0.1) is 5.56 Å². The summed E-state index contributed by atoms with van der Waals surface area (Å²) in [6.07, 6.45) is 5.43. The zero-order valence-corrected chi connectivity index (χ0v) is 11.8. The lowest BCUT2D eigenvalue weighted by atomic mass is 9.78. The maximum Gasteiger partial charge on any atom is 0.335 e. The molecule has 1 saturated carbocycles. The molecule has 0 unspecified atom stereocenters. The van der Waals surface area contributed by atoms with Gasteiger partial charge in [-0.25, -0.2) is 4.79 Å². The number of carboxylic acids is 1. The molecule has 1 aromatic rings. The first kappa shape index (κ1) is 14.5. The number of carbonyl (C=O) groups is 2. The van der Waals surface area contributed by atoms with E-state index in [4.69, 9.17) is 5.11 Å². The number of aromatic carboxylic acids is 1. The highest BCUT2D eigenvalue weighted by Gasteiger charge is 2.31. The van der Waals surface area contributed by atoms with E-state index in [0.29, 0.717) is 5.92 Å². The van der Waals surface area contributed by atoms with Crippen LogP contribution in [0.2, 0.25) is 0 Å². The molecular formula is C15H20N2O3. The summed E-state index contributed by atoms with van der Waals surface area (Å²) in [4.78, 5) is 27.1. The van der Waals surface area contributed by atoms with Crippen LogP contribution in [-0.4, -0.2) is 27.5 Å². The van der Waals surface area contributed by atoms with Crippen molar-refractivity contribution in [2.45, 2.75) is 45.1 Å². The Morgan fingerprint density at radius 1 is 1.40 bits per heavy atom.